The number of ether oxygens (including phenoxy) is 1. The second kappa shape index (κ2) is 5.51. The van der Waals surface area contributed by atoms with Crippen molar-refractivity contribution in [3.05, 3.63) is 29.3 Å². The highest BCUT2D eigenvalue weighted by Gasteiger charge is 2.81. The first kappa shape index (κ1) is 20.5. The third-order valence-corrected chi connectivity index (χ3v) is 9.96. The molecule has 1 aromatic carbocycles. The highest BCUT2D eigenvalue weighted by Crippen LogP contribution is 2.71. The molecule has 8 rings (SSSR count). The number of fused-ring (bicyclic) bond motifs is 5. The number of anilines is 1. The molecule has 4 saturated heterocycles. The monoisotopic (exact) mass is 463 g/mol. The van der Waals surface area contributed by atoms with Crippen LogP contribution in [0, 0.1) is 11.3 Å². The van der Waals surface area contributed by atoms with E-state index in [9.17, 15) is 19.6 Å². The fourth-order valence-corrected chi connectivity index (χ4v) is 8.34. The van der Waals surface area contributed by atoms with Crippen LogP contribution in [-0.2, 0) is 19.8 Å². The van der Waals surface area contributed by atoms with Crippen molar-refractivity contribution < 1.29 is 24.3 Å². The Morgan fingerprint density at radius 1 is 1.12 bits per heavy atom. The Morgan fingerprint density at radius 2 is 1.88 bits per heavy atom. The van der Waals surface area contributed by atoms with E-state index < -0.39 is 33.4 Å². The number of hydrogen-bond acceptors (Lipinski definition) is 5. The average molecular weight is 464 g/mol. The maximum atomic E-state index is 14.0. The fraction of sp³-hybridized carbons (Fsp3) is 0.577. The Balaban J connectivity index is 1.46. The van der Waals surface area contributed by atoms with Crippen LogP contribution in [0.3, 0.4) is 0 Å². The van der Waals surface area contributed by atoms with Crippen LogP contribution in [0.5, 0.6) is 5.75 Å². The lowest BCUT2D eigenvalue weighted by molar-refractivity contribution is -0.175. The molecule has 8 heteroatoms. The van der Waals surface area contributed by atoms with Gasteiger partial charge in [0, 0.05) is 18.0 Å². The van der Waals surface area contributed by atoms with Crippen molar-refractivity contribution in [2.45, 2.75) is 75.5 Å². The molecular formula is C26H29N3O5. The van der Waals surface area contributed by atoms with Crippen LogP contribution < -0.4 is 15.1 Å². The lowest BCUT2D eigenvalue weighted by Crippen LogP contribution is -2.81. The van der Waals surface area contributed by atoms with E-state index in [1.807, 2.05) is 52.0 Å². The van der Waals surface area contributed by atoms with Gasteiger partial charge in [0.1, 0.15) is 22.4 Å². The molecule has 2 bridgehead atoms. The van der Waals surface area contributed by atoms with Gasteiger partial charge in [-0.05, 0) is 68.7 Å². The minimum atomic E-state index is -1.15. The second-order valence-corrected chi connectivity index (χ2v) is 12.1. The van der Waals surface area contributed by atoms with Gasteiger partial charge in [-0.3, -0.25) is 19.6 Å². The minimum Gasteiger partial charge on any atom is -0.483 e. The van der Waals surface area contributed by atoms with Crippen molar-refractivity contribution in [2.75, 3.05) is 11.6 Å². The zero-order valence-corrected chi connectivity index (χ0v) is 19.9. The van der Waals surface area contributed by atoms with Gasteiger partial charge < -0.3 is 15.0 Å². The summed E-state index contributed by atoms with van der Waals surface area (Å²) in [5.74, 6) is -0.217. The molecule has 8 nitrogen and oxygen atoms in total. The molecule has 2 N–H and O–H groups in total. The highest BCUT2D eigenvalue weighted by atomic mass is 16.5. The van der Waals surface area contributed by atoms with Crippen molar-refractivity contribution in [3.63, 3.8) is 0 Å². The van der Waals surface area contributed by atoms with Crippen molar-refractivity contribution in [1.82, 2.24) is 10.2 Å². The summed E-state index contributed by atoms with van der Waals surface area (Å²) in [6.45, 7) is 8.53. The van der Waals surface area contributed by atoms with E-state index in [2.05, 4.69) is 5.32 Å². The van der Waals surface area contributed by atoms with Crippen LogP contribution in [-0.4, -0.2) is 51.1 Å². The van der Waals surface area contributed by atoms with Gasteiger partial charge in [-0.2, -0.15) is 5.06 Å². The number of piperazine rings is 1. The van der Waals surface area contributed by atoms with E-state index in [0.29, 0.717) is 42.0 Å². The Kier molecular flexibility index (Phi) is 3.32. The first-order chi connectivity index (χ1) is 15.9. The van der Waals surface area contributed by atoms with E-state index in [4.69, 9.17) is 4.74 Å². The van der Waals surface area contributed by atoms with Gasteiger partial charge in [0.25, 0.3) is 5.91 Å². The third kappa shape index (κ3) is 1.87. The van der Waals surface area contributed by atoms with Gasteiger partial charge in [-0.15, -0.1) is 0 Å². The molecule has 0 aromatic heterocycles. The summed E-state index contributed by atoms with van der Waals surface area (Å²) in [7, 11) is 0. The first-order valence-electron chi connectivity index (χ1n) is 12.2. The van der Waals surface area contributed by atoms with Gasteiger partial charge in [-0.1, -0.05) is 19.9 Å². The largest absolute Gasteiger partial charge is 0.483 e. The smallest absolute Gasteiger partial charge is 0.262 e. The van der Waals surface area contributed by atoms with E-state index in [-0.39, 0.29) is 24.2 Å². The summed E-state index contributed by atoms with van der Waals surface area (Å²) in [6.07, 6.45) is 5.98. The van der Waals surface area contributed by atoms with Gasteiger partial charge >= 0.3 is 0 Å². The Morgan fingerprint density at radius 3 is 2.65 bits per heavy atom. The van der Waals surface area contributed by atoms with Crippen molar-refractivity contribution in [3.8, 4) is 5.75 Å². The Labute approximate surface area is 197 Å². The second-order valence-electron chi connectivity index (χ2n) is 12.1. The summed E-state index contributed by atoms with van der Waals surface area (Å²) < 4.78 is 6.10. The molecule has 1 saturated carbocycles. The van der Waals surface area contributed by atoms with Gasteiger partial charge in [-0.25, -0.2) is 0 Å². The number of benzene rings is 1. The maximum Gasteiger partial charge on any atom is 0.262 e. The van der Waals surface area contributed by atoms with Crippen LogP contribution in [0.1, 0.15) is 64.5 Å². The Bertz CT molecular complexity index is 1270. The van der Waals surface area contributed by atoms with Crippen LogP contribution in [0.25, 0.3) is 6.08 Å². The number of piperidine rings is 2. The lowest BCUT2D eigenvalue weighted by atomic mass is 9.57. The zero-order chi connectivity index (χ0) is 24.1. The van der Waals surface area contributed by atoms with E-state index in [0.717, 1.165) is 11.5 Å². The molecule has 178 valence electrons. The Hall–Kier alpha value is -2.87. The van der Waals surface area contributed by atoms with Gasteiger partial charge in [0.05, 0.1) is 11.1 Å². The number of carbonyl (C=O) groups is 3. The molecular weight excluding hydrogens is 434 g/mol. The van der Waals surface area contributed by atoms with Crippen LogP contribution in [0.4, 0.5) is 5.69 Å². The summed E-state index contributed by atoms with van der Waals surface area (Å²) in [6, 6.07) is 3.73. The molecule has 3 spiro atoms. The summed E-state index contributed by atoms with van der Waals surface area (Å²) in [5.41, 5.74) is -2.51. The molecule has 6 aliphatic heterocycles. The zero-order valence-electron chi connectivity index (χ0n) is 19.9. The summed E-state index contributed by atoms with van der Waals surface area (Å²) >= 11 is 0. The van der Waals surface area contributed by atoms with Gasteiger partial charge in [0.15, 0.2) is 0 Å². The summed E-state index contributed by atoms with van der Waals surface area (Å²) in [4.78, 5) is 43.1. The van der Waals surface area contributed by atoms with E-state index in [1.54, 1.807) is 4.90 Å². The number of rotatable bonds is 0. The predicted molar refractivity (Wildman–Crippen MR) is 122 cm³/mol. The van der Waals surface area contributed by atoms with Crippen molar-refractivity contribution in [1.29, 1.82) is 0 Å². The average Bonchev–Trinajstić information content (AvgIpc) is 3.36. The number of hydroxylamine groups is 1. The molecule has 4 atom stereocenters. The predicted octanol–water partition coefficient (Wildman–Crippen LogP) is 2.52. The SMILES string of the molecule is CC1(C)C=Cc2c(ccc3c2N(O)C(=O)[C@]32C[C@@]34NC(=O)[C@@]5(CCCN5C3=O)C[C@@H]4C2(C)C)O1. The van der Waals surface area contributed by atoms with E-state index >= 15 is 0 Å². The van der Waals surface area contributed by atoms with Gasteiger partial charge in [0.2, 0.25) is 11.8 Å². The normalized spacial score (nSPS) is 39.7. The standard InChI is InChI=1S/C26H29N3O5/c1-22(2)10-8-14-16(34-22)7-6-15-18(14)29(33)20(31)25(15)13-26-17(23(25,3)4)12-24(19(30)27-26)9-5-11-28(24)21(26)32/h6-8,10,17,33H,5,9,11-13H2,1-4H3,(H,27,30)/t17-,24-,25+,26+/m1/s1. The first-order valence-corrected chi connectivity index (χ1v) is 12.2. The molecule has 6 heterocycles. The van der Waals surface area contributed by atoms with Crippen LogP contribution in [0.15, 0.2) is 18.2 Å². The van der Waals surface area contributed by atoms with Crippen LogP contribution >= 0.6 is 0 Å². The molecule has 0 unspecified atom stereocenters. The van der Waals surface area contributed by atoms with Crippen molar-refractivity contribution in [2.24, 2.45) is 11.3 Å². The van der Waals surface area contributed by atoms with Crippen LogP contribution in [0.2, 0.25) is 0 Å². The number of hydrogen-bond donors (Lipinski definition) is 2. The number of amides is 3. The molecule has 3 amide bonds. The highest BCUT2D eigenvalue weighted by molar-refractivity contribution is 6.13. The number of carbonyl (C=O) groups excluding carboxylic acids is 3. The quantitative estimate of drug-likeness (QED) is 0.576. The molecule has 5 fully saturated rings. The fourth-order valence-electron chi connectivity index (χ4n) is 8.34. The number of nitrogens with zero attached hydrogens (tertiary/aromatic N) is 2. The number of nitrogens with one attached hydrogen (secondary N) is 1. The maximum absolute atomic E-state index is 14.0. The van der Waals surface area contributed by atoms with E-state index in [1.165, 1.54) is 0 Å². The third-order valence-electron chi connectivity index (χ3n) is 9.96. The lowest BCUT2D eigenvalue weighted by Gasteiger charge is -2.59. The molecule has 34 heavy (non-hydrogen) atoms. The molecule has 7 aliphatic rings. The topological polar surface area (TPSA) is 99.2 Å². The molecule has 1 aromatic rings. The minimum absolute atomic E-state index is 0.0699. The summed E-state index contributed by atoms with van der Waals surface area (Å²) in [5, 5.41) is 15.1. The molecule has 0 radical (unpaired) electrons. The van der Waals surface area contributed by atoms with Crippen molar-refractivity contribution >= 4 is 29.5 Å². The molecule has 1 aliphatic carbocycles.